The minimum Gasteiger partial charge on any atom is -0.330 e. The summed E-state index contributed by atoms with van der Waals surface area (Å²) in [6.07, 6.45) is 4.13. The van der Waals surface area contributed by atoms with Crippen LogP contribution in [0.5, 0.6) is 0 Å². The molecule has 1 N–H and O–H groups in total. The Bertz CT molecular complexity index is 1150. The lowest BCUT2D eigenvalue weighted by atomic mass is 10.1. The predicted molar refractivity (Wildman–Crippen MR) is 126 cm³/mol. The lowest BCUT2D eigenvalue weighted by molar-refractivity contribution is 0.0729. The zero-order valence-electron chi connectivity index (χ0n) is 18.7. The smallest absolute Gasteiger partial charge is 0.254 e. The topological polar surface area (TPSA) is 79.4 Å². The molecule has 1 amide bonds. The number of pyridine rings is 1. The molecule has 7 heteroatoms. The molecule has 1 unspecified atom stereocenters. The van der Waals surface area contributed by atoms with Crippen molar-refractivity contribution in [2.24, 2.45) is 0 Å². The summed E-state index contributed by atoms with van der Waals surface area (Å²) in [7, 11) is -3.62. The molecule has 1 atom stereocenters. The van der Waals surface area contributed by atoms with Crippen LogP contribution in [0.4, 0.5) is 0 Å². The first-order valence-electron chi connectivity index (χ1n) is 10.6. The number of carbonyl (C=O) groups is 1. The van der Waals surface area contributed by atoms with Crippen molar-refractivity contribution in [3.8, 4) is 0 Å². The van der Waals surface area contributed by atoms with E-state index in [2.05, 4.69) is 9.71 Å². The number of rotatable bonds is 9. The lowest BCUT2D eigenvalue weighted by Crippen LogP contribution is -2.32. The fourth-order valence-electron chi connectivity index (χ4n) is 3.28. The average molecular weight is 452 g/mol. The molecular weight excluding hydrogens is 422 g/mol. The van der Waals surface area contributed by atoms with Crippen LogP contribution >= 0.6 is 0 Å². The summed E-state index contributed by atoms with van der Waals surface area (Å²) in [5.41, 5.74) is 3.52. The summed E-state index contributed by atoms with van der Waals surface area (Å²) in [6.45, 7) is 6.59. The maximum atomic E-state index is 13.4. The Balaban J connectivity index is 1.86. The number of amides is 1. The number of sulfonamides is 1. The van der Waals surface area contributed by atoms with Crippen molar-refractivity contribution >= 4 is 15.9 Å². The fourth-order valence-corrected chi connectivity index (χ4v) is 4.61. The van der Waals surface area contributed by atoms with Gasteiger partial charge >= 0.3 is 0 Å². The number of hydrogen-bond donors (Lipinski definition) is 1. The zero-order chi connectivity index (χ0) is 23.1. The lowest BCUT2D eigenvalue weighted by Gasteiger charge is -2.24. The molecule has 0 bridgehead atoms. The highest BCUT2D eigenvalue weighted by atomic mass is 32.2. The van der Waals surface area contributed by atoms with Gasteiger partial charge in [0.25, 0.3) is 5.91 Å². The number of hydrogen-bond acceptors (Lipinski definition) is 4. The summed E-state index contributed by atoms with van der Waals surface area (Å²) in [5.74, 6) is -0.170. The third kappa shape index (κ3) is 6.02. The van der Waals surface area contributed by atoms with Gasteiger partial charge in [-0.2, -0.15) is 0 Å². The summed E-state index contributed by atoms with van der Waals surface area (Å²) in [5, 5.41) is 0. The van der Waals surface area contributed by atoms with E-state index in [0.717, 1.165) is 16.7 Å². The van der Waals surface area contributed by atoms with E-state index in [1.54, 1.807) is 29.4 Å². The molecule has 0 spiro atoms. The van der Waals surface area contributed by atoms with Crippen LogP contribution in [-0.2, 0) is 23.1 Å². The molecule has 168 valence electrons. The normalized spacial score (nSPS) is 12.3. The van der Waals surface area contributed by atoms with Crippen molar-refractivity contribution < 1.29 is 13.2 Å². The Morgan fingerprint density at radius 3 is 2.38 bits per heavy atom. The number of nitrogens with one attached hydrogen (secondary N) is 1. The van der Waals surface area contributed by atoms with Gasteiger partial charge in [-0.3, -0.25) is 9.78 Å². The number of benzene rings is 2. The van der Waals surface area contributed by atoms with E-state index in [-0.39, 0.29) is 16.8 Å². The Kier molecular flexibility index (Phi) is 7.77. The third-order valence-corrected chi connectivity index (χ3v) is 6.99. The highest BCUT2D eigenvalue weighted by Crippen LogP contribution is 2.18. The van der Waals surface area contributed by atoms with Gasteiger partial charge in [0, 0.05) is 37.1 Å². The van der Waals surface area contributed by atoms with Crippen LogP contribution in [0.1, 0.15) is 47.3 Å². The maximum absolute atomic E-state index is 13.4. The Labute approximate surface area is 190 Å². The van der Waals surface area contributed by atoms with Crippen molar-refractivity contribution in [3.63, 3.8) is 0 Å². The fraction of sp³-hybridized carbons (Fsp3) is 0.280. The molecule has 3 rings (SSSR count). The standard InChI is InChI=1S/C25H29N3O3S/c1-4-20(3)27-32(30,31)24-13-11-22(12-14-24)25(29)28(17-21-9-7-15-26-16-21)18-23-10-6-5-8-19(23)2/h5-16,20,27H,4,17-18H2,1-3H3. The van der Waals surface area contributed by atoms with E-state index in [1.807, 2.05) is 57.2 Å². The van der Waals surface area contributed by atoms with Crippen LogP contribution in [-0.4, -0.2) is 30.3 Å². The van der Waals surface area contributed by atoms with Gasteiger partial charge in [0.05, 0.1) is 4.90 Å². The van der Waals surface area contributed by atoms with Crippen molar-refractivity contribution in [3.05, 3.63) is 95.3 Å². The summed E-state index contributed by atoms with van der Waals surface area (Å²) < 4.78 is 27.7. The Hall–Kier alpha value is -3.03. The van der Waals surface area contributed by atoms with E-state index >= 15 is 0 Å². The van der Waals surface area contributed by atoms with Gasteiger partial charge in [0.1, 0.15) is 0 Å². The first-order valence-corrected chi connectivity index (χ1v) is 12.1. The van der Waals surface area contributed by atoms with Crippen LogP contribution in [0.3, 0.4) is 0 Å². The minimum absolute atomic E-state index is 0.145. The van der Waals surface area contributed by atoms with Gasteiger partial charge < -0.3 is 4.90 Å². The summed E-state index contributed by atoms with van der Waals surface area (Å²) >= 11 is 0. The Morgan fingerprint density at radius 2 is 1.75 bits per heavy atom. The molecule has 0 aliphatic heterocycles. The molecule has 0 aliphatic rings. The summed E-state index contributed by atoms with van der Waals surface area (Å²) in [4.78, 5) is 19.4. The van der Waals surface area contributed by atoms with E-state index < -0.39 is 10.0 Å². The quantitative estimate of drug-likeness (QED) is 0.526. The molecule has 6 nitrogen and oxygen atoms in total. The van der Waals surface area contributed by atoms with Gasteiger partial charge in [-0.05, 0) is 67.3 Å². The van der Waals surface area contributed by atoms with E-state index in [0.29, 0.717) is 25.1 Å². The minimum atomic E-state index is -3.62. The highest BCUT2D eigenvalue weighted by molar-refractivity contribution is 7.89. The number of nitrogens with zero attached hydrogens (tertiary/aromatic N) is 2. The number of aromatic nitrogens is 1. The molecule has 0 radical (unpaired) electrons. The van der Waals surface area contributed by atoms with E-state index in [9.17, 15) is 13.2 Å². The molecule has 32 heavy (non-hydrogen) atoms. The molecule has 1 aromatic heterocycles. The molecule has 2 aromatic carbocycles. The summed E-state index contributed by atoms with van der Waals surface area (Å²) in [6, 6.07) is 17.7. The maximum Gasteiger partial charge on any atom is 0.254 e. The van der Waals surface area contributed by atoms with Gasteiger partial charge in [0.2, 0.25) is 10.0 Å². The largest absolute Gasteiger partial charge is 0.330 e. The van der Waals surface area contributed by atoms with Crippen LogP contribution in [0.25, 0.3) is 0 Å². The first kappa shape index (κ1) is 23.6. The molecule has 0 fully saturated rings. The zero-order valence-corrected chi connectivity index (χ0v) is 19.5. The second-order valence-corrected chi connectivity index (χ2v) is 9.62. The molecule has 0 saturated carbocycles. The second kappa shape index (κ2) is 10.5. The predicted octanol–water partition coefficient (Wildman–Crippen LogP) is 4.31. The van der Waals surface area contributed by atoms with Crippen molar-refractivity contribution in [1.82, 2.24) is 14.6 Å². The van der Waals surface area contributed by atoms with Gasteiger partial charge in [-0.15, -0.1) is 0 Å². The van der Waals surface area contributed by atoms with E-state index in [4.69, 9.17) is 0 Å². The number of carbonyl (C=O) groups excluding carboxylic acids is 1. The van der Waals surface area contributed by atoms with Gasteiger partial charge in [-0.25, -0.2) is 13.1 Å². The monoisotopic (exact) mass is 451 g/mol. The molecule has 0 aliphatic carbocycles. The van der Waals surface area contributed by atoms with Crippen molar-refractivity contribution in [1.29, 1.82) is 0 Å². The molecule has 0 saturated heterocycles. The van der Waals surface area contributed by atoms with Crippen LogP contribution < -0.4 is 4.72 Å². The third-order valence-electron chi connectivity index (χ3n) is 5.39. The van der Waals surface area contributed by atoms with Gasteiger partial charge in [-0.1, -0.05) is 37.3 Å². The Morgan fingerprint density at radius 1 is 1.03 bits per heavy atom. The second-order valence-electron chi connectivity index (χ2n) is 7.90. The molecular formula is C25H29N3O3S. The van der Waals surface area contributed by atoms with Crippen LogP contribution in [0.15, 0.2) is 78.0 Å². The molecule has 1 heterocycles. The first-order chi connectivity index (χ1) is 15.3. The number of aryl methyl sites for hydroxylation is 1. The highest BCUT2D eigenvalue weighted by Gasteiger charge is 2.20. The SMILES string of the molecule is CCC(C)NS(=O)(=O)c1ccc(C(=O)N(Cc2cccnc2)Cc2ccccc2C)cc1. The van der Waals surface area contributed by atoms with Gasteiger partial charge in [0.15, 0.2) is 0 Å². The average Bonchev–Trinajstić information content (AvgIpc) is 2.80. The van der Waals surface area contributed by atoms with Crippen molar-refractivity contribution in [2.45, 2.75) is 51.2 Å². The van der Waals surface area contributed by atoms with Crippen LogP contribution in [0, 0.1) is 6.92 Å². The van der Waals surface area contributed by atoms with Crippen molar-refractivity contribution in [2.75, 3.05) is 0 Å². The van der Waals surface area contributed by atoms with E-state index in [1.165, 1.54) is 12.1 Å². The van der Waals surface area contributed by atoms with Crippen LogP contribution in [0.2, 0.25) is 0 Å². The molecule has 3 aromatic rings.